The Bertz CT molecular complexity index is 897. The Kier molecular flexibility index (Phi) is 5.93. The number of nitrogens with one attached hydrogen (secondary N) is 2. The zero-order valence-corrected chi connectivity index (χ0v) is 15.2. The van der Waals surface area contributed by atoms with Gasteiger partial charge in [0.2, 0.25) is 5.91 Å². The van der Waals surface area contributed by atoms with Crippen molar-refractivity contribution < 1.29 is 9.59 Å². The Morgan fingerprint density at radius 2 is 1.81 bits per heavy atom. The number of hydrogen-bond acceptors (Lipinski definition) is 5. The summed E-state index contributed by atoms with van der Waals surface area (Å²) in [5, 5.41) is 8.31. The van der Waals surface area contributed by atoms with Gasteiger partial charge in [-0.1, -0.05) is 11.6 Å². The zero-order valence-electron chi connectivity index (χ0n) is 13.6. The zero-order chi connectivity index (χ0) is 18.4. The van der Waals surface area contributed by atoms with Crippen molar-refractivity contribution in [3.8, 4) is 0 Å². The monoisotopic (exact) mass is 386 g/mol. The number of thiazole rings is 1. The van der Waals surface area contributed by atoms with Crippen LogP contribution in [0.5, 0.6) is 0 Å². The first kappa shape index (κ1) is 18.0. The standard InChI is InChI=1S/C18H15ClN4O2S/c19-14-3-1-13(2-4-14)17(25)23-18-22-15(11-26-18)9-16(24)21-10-12-5-7-20-8-6-12/h1-8,11H,9-10H2,(H,21,24)(H,22,23,25). The maximum Gasteiger partial charge on any atom is 0.257 e. The molecular formula is C18H15ClN4O2S. The van der Waals surface area contributed by atoms with Crippen molar-refractivity contribution >= 4 is 39.9 Å². The molecule has 0 radical (unpaired) electrons. The molecule has 2 N–H and O–H groups in total. The molecule has 0 aliphatic heterocycles. The van der Waals surface area contributed by atoms with E-state index in [0.29, 0.717) is 28.0 Å². The Hall–Kier alpha value is -2.77. The van der Waals surface area contributed by atoms with Crippen molar-refractivity contribution in [2.45, 2.75) is 13.0 Å². The van der Waals surface area contributed by atoms with Gasteiger partial charge in [0.1, 0.15) is 0 Å². The average Bonchev–Trinajstić information content (AvgIpc) is 3.08. The summed E-state index contributed by atoms with van der Waals surface area (Å²) in [7, 11) is 0. The first-order valence-electron chi connectivity index (χ1n) is 7.77. The van der Waals surface area contributed by atoms with Gasteiger partial charge in [0.05, 0.1) is 12.1 Å². The summed E-state index contributed by atoms with van der Waals surface area (Å²) in [4.78, 5) is 32.4. The van der Waals surface area contributed by atoms with Gasteiger partial charge in [-0.05, 0) is 42.0 Å². The second kappa shape index (κ2) is 8.55. The summed E-state index contributed by atoms with van der Waals surface area (Å²) in [6, 6.07) is 10.3. The summed E-state index contributed by atoms with van der Waals surface area (Å²) < 4.78 is 0. The fraction of sp³-hybridized carbons (Fsp3) is 0.111. The molecule has 2 aromatic heterocycles. The minimum Gasteiger partial charge on any atom is -0.352 e. The molecule has 0 aliphatic rings. The van der Waals surface area contributed by atoms with Crippen molar-refractivity contribution in [2.24, 2.45) is 0 Å². The van der Waals surface area contributed by atoms with Crippen LogP contribution in [0.15, 0.2) is 54.2 Å². The first-order chi connectivity index (χ1) is 12.6. The van der Waals surface area contributed by atoms with Crippen molar-refractivity contribution in [3.05, 3.63) is 76.0 Å². The van der Waals surface area contributed by atoms with Gasteiger partial charge in [-0.2, -0.15) is 0 Å². The van der Waals surface area contributed by atoms with Crippen LogP contribution in [0.25, 0.3) is 0 Å². The number of benzene rings is 1. The van der Waals surface area contributed by atoms with Crippen LogP contribution in [0.1, 0.15) is 21.6 Å². The van der Waals surface area contributed by atoms with E-state index in [1.165, 1.54) is 11.3 Å². The molecule has 0 saturated heterocycles. The van der Waals surface area contributed by atoms with Crippen LogP contribution in [-0.4, -0.2) is 21.8 Å². The topological polar surface area (TPSA) is 84.0 Å². The maximum absolute atomic E-state index is 12.1. The number of hydrogen-bond donors (Lipinski definition) is 2. The number of halogens is 1. The molecule has 3 rings (SSSR count). The van der Waals surface area contributed by atoms with Crippen LogP contribution < -0.4 is 10.6 Å². The lowest BCUT2D eigenvalue weighted by Crippen LogP contribution is -2.24. The molecule has 0 bridgehead atoms. The summed E-state index contributed by atoms with van der Waals surface area (Å²) in [5.41, 5.74) is 2.07. The Morgan fingerprint density at radius 1 is 1.08 bits per heavy atom. The van der Waals surface area contributed by atoms with Crippen molar-refractivity contribution in [3.63, 3.8) is 0 Å². The number of amides is 2. The first-order valence-corrected chi connectivity index (χ1v) is 9.03. The summed E-state index contributed by atoms with van der Waals surface area (Å²) in [6.07, 6.45) is 3.51. The predicted molar refractivity (Wildman–Crippen MR) is 101 cm³/mol. The SMILES string of the molecule is O=C(Cc1csc(NC(=O)c2ccc(Cl)cc2)n1)NCc1ccncc1. The molecule has 1 aromatic carbocycles. The number of rotatable bonds is 6. The van der Waals surface area contributed by atoms with Gasteiger partial charge in [-0.25, -0.2) is 4.98 Å². The molecule has 3 aromatic rings. The third kappa shape index (κ3) is 5.11. The molecule has 0 atom stereocenters. The normalized spacial score (nSPS) is 10.3. The molecule has 0 fully saturated rings. The van der Waals surface area contributed by atoms with Crippen LogP contribution in [0, 0.1) is 0 Å². The van der Waals surface area contributed by atoms with E-state index in [1.807, 2.05) is 12.1 Å². The van der Waals surface area contributed by atoms with Gasteiger partial charge < -0.3 is 5.32 Å². The number of aromatic nitrogens is 2. The van der Waals surface area contributed by atoms with E-state index in [4.69, 9.17) is 11.6 Å². The van der Waals surface area contributed by atoms with E-state index in [2.05, 4.69) is 20.6 Å². The van der Waals surface area contributed by atoms with Crippen LogP contribution in [0.4, 0.5) is 5.13 Å². The van der Waals surface area contributed by atoms with Gasteiger partial charge in [-0.15, -0.1) is 11.3 Å². The van der Waals surface area contributed by atoms with E-state index in [9.17, 15) is 9.59 Å². The fourth-order valence-electron chi connectivity index (χ4n) is 2.14. The van der Waals surface area contributed by atoms with E-state index in [-0.39, 0.29) is 18.2 Å². The number of anilines is 1. The summed E-state index contributed by atoms with van der Waals surface area (Å²) in [6.45, 7) is 0.436. The van der Waals surface area contributed by atoms with E-state index < -0.39 is 0 Å². The molecule has 0 aliphatic carbocycles. The minimum absolute atomic E-state index is 0.136. The predicted octanol–water partition coefficient (Wildman–Crippen LogP) is 3.30. The summed E-state index contributed by atoms with van der Waals surface area (Å²) >= 11 is 7.08. The Labute approximate surface area is 159 Å². The third-order valence-electron chi connectivity index (χ3n) is 3.46. The highest BCUT2D eigenvalue weighted by atomic mass is 35.5. The molecule has 0 saturated carbocycles. The van der Waals surface area contributed by atoms with Crippen LogP contribution in [0.2, 0.25) is 5.02 Å². The van der Waals surface area contributed by atoms with Gasteiger partial charge in [-0.3, -0.25) is 19.9 Å². The number of nitrogens with zero attached hydrogens (tertiary/aromatic N) is 2. The number of carbonyl (C=O) groups excluding carboxylic acids is 2. The lowest BCUT2D eigenvalue weighted by molar-refractivity contribution is -0.120. The second-order valence-electron chi connectivity index (χ2n) is 5.41. The Morgan fingerprint density at radius 3 is 2.54 bits per heavy atom. The lowest BCUT2D eigenvalue weighted by Gasteiger charge is -2.04. The second-order valence-corrected chi connectivity index (χ2v) is 6.71. The minimum atomic E-state index is -0.273. The summed E-state index contributed by atoms with van der Waals surface area (Å²) in [5.74, 6) is -0.410. The molecular weight excluding hydrogens is 372 g/mol. The maximum atomic E-state index is 12.1. The smallest absolute Gasteiger partial charge is 0.257 e. The van der Waals surface area contributed by atoms with Gasteiger partial charge >= 0.3 is 0 Å². The third-order valence-corrected chi connectivity index (χ3v) is 4.52. The molecule has 8 heteroatoms. The van der Waals surface area contributed by atoms with E-state index >= 15 is 0 Å². The highest BCUT2D eigenvalue weighted by molar-refractivity contribution is 7.14. The van der Waals surface area contributed by atoms with Gasteiger partial charge in [0.25, 0.3) is 5.91 Å². The molecule has 132 valence electrons. The quantitative estimate of drug-likeness (QED) is 0.680. The molecule has 0 spiro atoms. The highest BCUT2D eigenvalue weighted by Crippen LogP contribution is 2.17. The van der Waals surface area contributed by atoms with E-state index in [0.717, 1.165) is 5.56 Å². The molecule has 0 unspecified atom stereocenters. The van der Waals surface area contributed by atoms with Crippen LogP contribution in [-0.2, 0) is 17.8 Å². The largest absolute Gasteiger partial charge is 0.352 e. The Balaban J connectivity index is 1.51. The average molecular weight is 387 g/mol. The molecule has 2 heterocycles. The van der Waals surface area contributed by atoms with Crippen LogP contribution in [0.3, 0.4) is 0 Å². The van der Waals surface area contributed by atoms with E-state index in [1.54, 1.807) is 42.0 Å². The van der Waals surface area contributed by atoms with Crippen molar-refractivity contribution in [1.82, 2.24) is 15.3 Å². The van der Waals surface area contributed by atoms with Crippen molar-refractivity contribution in [2.75, 3.05) is 5.32 Å². The van der Waals surface area contributed by atoms with Crippen molar-refractivity contribution in [1.29, 1.82) is 0 Å². The molecule has 2 amide bonds. The highest BCUT2D eigenvalue weighted by Gasteiger charge is 2.11. The lowest BCUT2D eigenvalue weighted by atomic mass is 10.2. The number of pyridine rings is 1. The fourth-order valence-corrected chi connectivity index (χ4v) is 2.98. The van der Waals surface area contributed by atoms with Gasteiger partial charge in [0, 0.05) is 34.9 Å². The van der Waals surface area contributed by atoms with Crippen LogP contribution >= 0.6 is 22.9 Å². The molecule has 6 nitrogen and oxygen atoms in total. The van der Waals surface area contributed by atoms with Gasteiger partial charge in [0.15, 0.2) is 5.13 Å². The molecule has 26 heavy (non-hydrogen) atoms. The number of carbonyl (C=O) groups is 2.